The average Bonchev–Trinajstić information content (AvgIpc) is 2.91. The Hall–Kier alpha value is -4.70. The Kier molecular flexibility index (Phi) is 8.11. The summed E-state index contributed by atoms with van der Waals surface area (Å²) in [6.07, 6.45) is 1.31. The van der Waals surface area contributed by atoms with Crippen LogP contribution in [0.1, 0.15) is 26.3 Å². The topological polar surface area (TPSA) is 132 Å². The Bertz CT molecular complexity index is 1410. The van der Waals surface area contributed by atoms with Gasteiger partial charge in [0.1, 0.15) is 30.3 Å². The van der Waals surface area contributed by atoms with Crippen molar-refractivity contribution in [3.05, 3.63) is 83.7 Å². The van der Waals surface area contributed by atoms with Crippen molar-refractivity contribution in [3.8, 4) is 11.5 Å². The van der Waals surface area contributed by atoms with E-state index in [4.69, 9.17) is 14.2 Å². The number of carbonyl (C=O) groups excluding carboxylic acids is 1. The van der Waals surface area contributed by atoms with Gasteiger partial charge in [-0.1, -0.05) is 12.1 Å². The predicted octanol–water partition coefficient (Wildman–Crippen LogP) is 4.23. The predicted molar refractivity (Wildman–Crippen MR) is 139 cm³/mol. The number of benzene rings is 3. The summed E-state index contributed by atoms with van der Waals surface area (Å²) in [4.78, 5) is 32.9. The van der Waals surface area contributed by atoms with E-state index in [1.165, 1.54) is 12.4 Å². The Morgan fingerprint density at radius 1 is 0.946 bits per heavy atom. The second-order valence-corrected chi connectivity index (χ2v) is 7.97. The van der Waals surface area contributed by atoms with Crippen LogP contribution in [0.5, 0.6) is 11.5 Å². The van der Waals surface area contributed by atoms with Gasteiger partial charge >= 0.3 is 5.97 Å². The van der Waals surface area contributed by atoms with Gasteiger partial charge in [-0.15, -0.1) is 0 Å². The molecular formula is C27H26N4O6. The maximum absolute atomic E-state index is 12.6. The van der Waals surface area contributed by atoms with Crippen LogP contribution in [0, 0.1) is 0 Å². The van der Waals surface area contributed by atoms with Crippen LogP contribution >= 0.6 is 0 Å². The number of carbonyl (C=O) groups is 2. The van der Waals surface area contributed by atoms with Crippen LogP contribution in [0.15, 0.2) is 67.0 Å². The van der Waals surface area contributed by atoms with Crippen LogP contribution in [0.2, 0.25) is 0 Å². The lowest BCUT2D eigenvalue weighted by atomic mass is 10.1. The summed E-state index contributed by atoms with van der Waals surface area (Å²) in [5.41, 5.74) is 2.33. The number of aromatic nitrogens is 2. The lowest BCUT2D eigenvalue weighted by Gasteiger charge is -2.13. The zero-order valence-electron chi connectivity index (χ0n) is 20.4. The number of methoxy groups -OCH3 is 2. The molecule has 3 aromatic carbocycles. The molecule has 4 rings (SSSR count). The summed E-state index contributed by atoms with van der Waals surface area (Å²) < 4.78 is 15.8. The smallest absolute Gasteiger partial charge is 0.338 e. The summed E-state index contributed by atoms with van der Waals surface area (Å²) in [6, 6.07) is 17.4. The van der Waals surface area contributed by atoms with Gasteiger partial charge in [0.2, 0.25) is 0 Å². The molecule has 0 aliphatic rings. The number of fused-ring (bicyclic) bond motifs is 1. The first-order valence-corrected chi connectivity index (χ1v) is 11.4. The molecule has 0 spiro atoms. The van der Waals surface area contributed by atoms with Crippen molar-refractivity contribution in [1.82, 2.24) is 9.97 Å². The normalized spacial score (nSPS) is 10.6. The first kappa shape index (κ1) is 25.4. The van der Waals surface area contributed by atoms with Gasteiger partial charge in [-0.3, -0.25) is 4.79 Å². The molecule has 37 heavy (non-hydrogen) atoms. The molecule has 0 aliphatic heterocycles. The van der Waals surface area contributed by atoms with Crippen molar-refractivity contribution in [3.63, 3.8) is 0 Å². The Balaban J connectivity index is 1.52. The largest absolute Gasteiger partial charge is 0.497 e. The molecule has 3 N–H and O–H groups in total. The molecule has 1 aromatic heterocycles. The van der Waals surface area contributed by atoms with E-state index in [9.17, 15) is 14.7 Å². The van der Waals surface area contributed by atoms with Gasteiger partial charge in [-0.05, 0) is 54.1 Å². The third-order valence-corrected chi connectivity index (χ3v) is 5.50. The number of hydrogen-bond donors (Lipinski definition) is 3. The van der Waals surface area contributed by atoms with E-state index in [1.54, 1.807) is 50.6 Å². The molecule has 0 fully saturated rings. The Labute approximate surface area is 213 Å². The van der Waals surface area contributed by atoms with Crippen molar-refractivity contribution in [2.24, 2.45) is 0 Å². The van der Waals surface area contributed by atoms with Gasteiger partial charge in [0.15, 0.2) is 0 Å². The Morgan fingerprint density at radius 2 is 1.76 bits per heavy atom. The van der Waals surface area contributed by atoms with E-state index in [1.807, 2.05) is 18.2 Å². The molecule has 0 atom stereocenters. The van der Waals surface area contributed by atoms with Crippen LogP contribution in [-0.2, 0) is 11.3 Å². The van der Waals surface area contributed by atoms with Gasteiger partial charge in [-0.2, -0.15) is 0 Å². The number of aromatic carboxylic acids is 1. The number of ether oxygens (including phenoxy) is 3. The number of carboxylic acids is 1. The number of amides is 1. The fourth-order valence-electron chi connectivity index (χ4n) is 3.66. The molecule has 10 nitrogen and oxygen atoms in total. The summed E-state index contributed by atoms with van der Waals surface area (Å²) in [5.74, 6) is 0.148. The number of rotatable bonds is 11. The van der Waals surface area contributed by atoms with Gasteiger partial charge in [0.25, 0.3) is 5.91 Å². The van der Waals surface area contributed by atoms with Crippen molar-refractivity contribution in [2.45, 2.75) is 6.54 Å². The molecule has 190 valence electrons. The summed E-state index contributed by atoms with van der Waals surface area (Å²) in [5, 5.41) is 16.3. The Morgan fingerprint density at radius 3 is 2.49 bits per heavy atom. The minimum atomic E-state index is -1.12. The highest BCUT2D eigenvalue weighted by Gasteiger charge is 2.16. The minimum absolute atomic E-state index is 0.0126. The van der Waals surface area contributed by atoms with Crippen molar-refractivity contribution in [1.29, 1.82) is 0 Å². The fraction of sp³-hybridized carbons (Fsp3) is 0.185. The van der Waals surface area contributed by atoms with Gasteiger partial charge in [-0.25, -0.2) is 14.8 Å². The van der Waals surface area contributed by atoms with Crippen molar-refractivity contribution in [2.75, 3.05) is 38.1 Å². The minimum Gasteiger partial charge on any atom is -0.497 e. The third-order valence-electron chi connectivity index (χ3n) is 5.50. The quantitative estimate of drug-likeness (QED) is 0.258. The van der Waals surface area contributed by atoms with E-state index in [-0.39, 0.29) is 18.1 Å². The van der Waals surface area contributed by atoms with E-state index >= 15 is 0 Å². The highest BCUT2D eigenvalue weighted by molar-refractivity contribution is 6.05. The molecular weight excluding hydrogens is 476 g/mol. The number of hydrogen-bond acceptors (Lipinski definition) is 8. The van der Waals surface area contributed by atoms with Crippen molar-refractivity contribution < 1.29 is 28.9 Å². The monoisotopic (exact) mass is 502 g/mol. The second-order valence-electron chi connectivity index (χ2n) is 7.97. The summed E-state index contributed by atoms with van der Waals surface area (Å²) in [6.45, 7) is 1.00. The van der Waals surface area contributed by atoms with E-state index < -0.39 is 5.97 Å². The summed E-state index contributed by atoms with van der Waals surface area (Å²) >= 11 is 0. The van der Waals surface area contributed by atoms with Crippen LogP contribution in [0.4, 0.5) is 11.5 Å². The van der Waals surface area contributed by atoms with Crippen LogP contribution in [-0.4, -0.2) is 54.4 Å². The highest BCUT2D eigenvalue weighted by atomic mass is 16.5. The van der Waals surface area contributed by atoms with Crippen LogP contribution < -0.4 is 20.1 Å². The standard InChI is InChI=1S/C27H26N4O6/c1-35-10-11-37-21-13-22-24(23(14-21)27(33)34)29-16-30-25(22)28-15-17-4-3-5-19(12-17)31-26(32)18-6-8-20(36-2)9-7-18/h3-9,12-14,16H,10-11,15H2,1-2H3,(H,31,32)(H,33,34)(H,28,29,30). The number of nitrogens with one attached hydrogen (secondary N) is 2. The van der Waals surface area contributed by atoms with Crippen molar-refractivity contribution >= 4 is 34.3 Å². The first-order valence-electron chi connectivity index (χ1n) is 11.4. The number of anilines is 2. The van der Waals surface area contributed by atoms with Gasteiger partial charge in [0.05, 0.1) is 24.8 Å². The molecule has 0 radical (unpaired) electrons. The third kappa shape index (κ3) is 6.30. The zero-order valence-corrected chi connectivity index (χ0v) is 20.4. The average molecular weight is 503 g/mol. The van der Waals surface area contributed by atoms with Crippen LogP contribution in [0.25, 0.3) is 10.9 Å². The lowest BCUT2D eigenvalue weighted by molar-refractivity contribution is 0.0698. The number of nitrogens with zero attached hydrogens (tertiary/aromatic N) is 2. The van der Waals surface area contributed by atoms with E-state index in [2.05, 4.69) is 20.6 Å². The zero-order chi connectivity index (χ0) is 26.2. The van der Waals surface area contributed by atoms with Gasteiger partial charge in [0, 0.05) is 30.3 Å². The van der Waals surface area contributed by atoms with Gasteiger partial charge < -0.3 is 30.0 Å². The van der Waals surface area contributed by atoms with Crippen LogP contribution in [0.3, 0.4) is 0 Å². The first-order chi connectivity index (χ1) is 18.0. The second kappa shape index (κ2) is 11.8. The molecule has 0 aliphatic carbocycles. The fourth-order valence-corrected chi connectivity index (χ4v) is 3.66. The SMILES string of the molecule is COCCOc1cc(C(=O)O)c2ncnc(NCc3cccc(NC(=O)c4ccc(OC)cc4)c3)c2c1. The maximum Gasteiger partial charge on any atom is 0.338 e. The lowest BCUT2D eigenvalue weighted by Crippen LogP contribution is -2.12. The molecule has 10 heteroatoms. The molecule has 0 saturated heterocycles. The van der Waals surface area contributed by atoms with E-state index in [0.29, 0.717) is 52.6 Å². The number of carboxylic acid groups (broad SMARTS) is 1. The summed E-state index contributed by atoms with van der Waals surface area (Å²) in [7, 11) is 3.13. The molecule has 0 bridgehead atoms. The molecule has 1 amide bonds. The molecule has 4 aromatic rings. The molecule has 1 heterocycles. The highest BCUT2D eigenvalue weighted by Crippen LogP contribution is 2.29. The molecule has 0 unspecified atom stereocenters. The van der Waals surface area contributed by atoms with E-state index in [0.717, 1.165) is 5.56 Å². The maximum atomic E-state index is 12.6. The molecule has 0 saturated carbocycles.